The zero-order chi connectivity index (χ0) is 37.1. The summed E-state index contributed by atoms with van der Waals surface area (Å²) in [5.74, 6) is 0.704. The lowest BCUT2D eigenvalue weighted by molar-refractivity contribution is 0.789. The second kappa shape index (κ2) is 12.9. The highest BCUT2D eigenvalue weighted by Gasteiger charge is 2.46. The molecule has 2 aliphatic rings. The van der Waals surface area contributed by atoms with E-state index in [-0.39, 0.29) is 0 Å². The summed E-state index contributed by atoms with van der Waals surface area (Å²) in [6, 6.07) is 63.1. The summed E-state index contributed by atoms with van der Waals surface area (Å²) in [6.07, 6.45) is 13.0. The molecule has 0 saturated heterocycles. The number of fused-ring (bicyclic) bond motifs is 10. The van der Waals surface area contributed by atoms with E-state index >= 15 is 0 Å². The molecule has 2 aliphatic carbocycles. The van der Waals surface area contributed by atoms with Gasteiger partial charge < -0.3 is 4.57 Å². The highest BCUT2D eigenvalue weighted by molar-refractivity contribution is 6.09. The van der Waals surface area contributed by atoms with Gasteiger partial charge in [-0.05, 0) is 63.7 Å². The van der Waals surface area contributed by atoms with Crippen molar-refractivity contribution in [3.8, 4) is 50.6 Å². The van der Waals surface area contributed by atoms with Crippen LogP contribution >= 0.6 is 0 Å². The molecule has 0 saturated carbocycles. The molecule has 9 aromatic rings. The standard InChI is InChI=1S/C53H35N3/c1-2-15-35-53(45-22-11-7-18-41(45)42-19-8-12-23-46(42)53)50-47(24-6-1)54-52(39-16-4-3-5-17-39)55-51(50)38-29-27-36(28-30-38)37-31-33-40(34-32-37)56-48-25-13-9-20-43(48)44-21-10-14-26-49(44)56/h1-35H/b2-1?,24-6?,35-15+. The molecule has 2 heterocycles. The number of rotatable bonds is 4. The molecule has 3 heteroatoms. The van der Waals surface area contributed by atoms with Crippen LogP contribution in [0.15, 0.2) is 206 Å². The molecule has 0 fully saturated rings. The van der Waals surface area contributed by atoms with Crippen LogP contribution in [-0.2, 0) is 5.41 Å². The van der Waals surface area contributed by atoms with Gasteiger partial charge in [-0.1, -0.05) is 182 Å². The minimum Gasteiger partial charge on any atom is -0.309 e. The average molecular weight is 714 g/mol. The summed E-state index contributed by atoms with van der Waals surface area (Å²) in [6.45, 7) is 0. The Labute approximate surface area is 325 Å². The Morgan fingerprint density at radius 3 is 1.61 bits per heavy atom. The molecule has 0 radical (unpaired) electrons. The predicted molar refractivity (Wildman–Crippen MR) is 232 cm³/mol. The van der Waals surface area contributed by atoms with Gasteiger partial charge in [-0.3, -0.25) is 0 Å². The SMILES string of the molecule is C1=C/C=C/C2(c3ccccc3-c3ccccc32)c2c(nc(-c3ccccc3)nc2-c2ccc(-c3ccc(-n4c5ccccc5c5ccccc54)cc3)cc2)C=C1. The smallest absolute Gasteiger partial charge is 0.160 e. The molecule has 11 rings (SSSR count). The second-order valence-corrected chi connectivity index (χ2v) is 14.5. The fourth-order valence-electron chi connectivity index (χ4n) is 9.01. The van der Waals surface area contributed by atoms with Gasteiger partial charge in [0.1, 0.15) is 0 Å². The maximum absolute atomic E-state index is 5.48. The van der Waals surface area contributed by atoms with E-state index in [1.54, 1.807) is 0 Å². The summed E-state index contributed by atoms with van der Waals surface area (Å²) in [5, 5.41) is 2.53. The van der Waals surface area contributed by atoms with Crippen LogP contribution in [0.1, 0.15) is 22.4 Å². The molecule has 0 atom stereocenters. The first-order valence-electron chi connectivity index (χ1n) is 19.2. The van der Waals surface area contributed by atoms with E-state index in [0.717, 1.165) is 44.9 Å². The van der Waals surface area contributed by atoms with Crippen LogP contribution in [-0.4, -0.2) is 14.5 Å². The quantitative estimate of drug-likeness (QED) is 0.182. The maximum Gasteiger partial charge on any atom is 0.160 e. The molecule has 0 amide bonds. The summed E-state index contributed by atoms with van der Waals surface area (Å²) in [5.41, 5.74) is 15.1. The molecule has 1 spiro atoms. The number of aromatic nitrogens is 3. The first kappa shape index (κ1) is 32.1. The van der Waals surface area contributed by atoms with Crippen molar-refractivity contribution in [2.24, 2.45) is 0 Å². The third-order valence-corrected chi connectivity index (χ3v) is 11.5. The van der Waals surface area contributed by atoms with Crippen molar-refractivity contribution in [3.63, 3.8) is 0 Å². The van der Waals surface area contributed by atoms with Gasteiger partial charge in [0, 0.05) is 33.2 Å². The van der Waals surface area contributed by atoms with E-state index in [9.17, 15) is 0 Å². The van der Waals surface area contributed by atoms with Gasteiger partial charge in [-0.25, -0.2) is 9.97 Å². The van der Waals surface area contributed by atoms with Gasteiger partial charge in [0.05, 0.1) is 27.8 Å². The number of para-hydroxylation sites is 2. The number of hydrogen-bond donors (Lipinski definition) is 0. The number of nitrogens with zero attached hydrogens (tertiary/aromatic N) is 3. The van der Waals surface area contributed by atoms with Crippen molar-refractivity contribution in [3.05, 3.63) is 229 Å². The first-order valence-corrected chi connectivity index (χ1v) is 19.2. The van der Waals surface area contributed by atoms with E-state index in [1.807, 2.05) is 18.2 Å². The molecule has 262 valence electrons. The van der Waals surface area contributed by atoms with Crippen LogP contribution in [0.25, 0.3) is 78.5 Å². The lowest BCUT2D eigenvalue weighted by Gasteiger charge is -2.32. The lowest BCUT2D eigenvalue weighted by atomic mass is 9.70. The Morgan fingerprint density at radius 2 is 0.946 bits per heavy atom. The monoisotopic (exact) mass is 713 g/mol. The van der Waals surface area contributed by atoms with Crippen LogP contribution in [0.2, 0.25) is 0 Å². The van der Waals surface area contributed by atoms with E-state index in [0.29, 0.717) is 5.82 Å². The molecule has 56 heavy (non-hydrogen) atoms. The van der Waals surface area contributed by atoms with Crippen molar-refractivity contribution in [1.82, 2.24) is 14.5 Å². The fraction of sp³-hybridized carbons (Fsp3) is 0.0189. The molecular formula is C53H35N3. The summed E-state index contributed by atoms with van der Waals surface area (Å²) in [4.78, 5) is 10.8. The van der Waals surface area contributed by atoms with Crippen LogP contribution < -0.4 is 0 Å². The van der Waals surface area contributed by atoms with Crippen molar-refractivity contribution < 1.29 is 0 Å². The minimum atomic E-state index is -0.618. The molecule has 0 bridgehead atoms. The van der Waals surface area contributed by atoms with Crippen LogP contribution in [0.5, 0.6) is 0 Å². The molecular weight excluding hydrogens is 679 g/mol. The van der Waals surface area contributed by atoms with Gasteiger partial charge in [0.25, 0.3) is 0 Å². The summed E-state index contributed by atoms with van der Waals surface area (Å²) >= 11 is 0. The number of hydrogen-bond acceptors (Lipinski definition) is 2. The first-order chi connectivity index (χ1) is 27.8. The Hall–Kier alpha value is -7.36. The summed E-state index contributed by atoms with van der Waals surface area (Å²) in [7, 11) is 0. The number of benzene rings is 7. The van der Waals surface area contributed by atoms with Gasteiger partial charge >= 0.3 is 0 Å². The maximum atomic E-state index is 5.48. The van der Waals surface area contributed by atoms with Crippen molar-refractivity contribution in [2.45, 2.75) is 5.41 Å². The molecule has 7 aromatic carbocycles. The largest absolute Gasteiger partial charge is 0.309 e. The zero-order valence-corrected chi connectivity index (χ0v) is 30.5. The molecule has 2 aromatic heterocycles. The fourth-order valence-corrected chi connectivity index (χ4v) is 9.01. The average Bonchev–Trinajstić information content (AvgIpc) is 3.78. The molecule has 0 aliphatic heterocycles. The van der Waals surface area contributed by atoms with Crippen molar-refractivity contribution in [2.75, 3.05) is 0 Å². The van der Waals surface area contributed by atoms with E-state index < -0.39 is 5.41 Å². The van der Waals surface area contributed by atoms with Crippen LogP contribution in [0.3, 0.4) is 0 Å². The van der Waals surface area contributed by atoms with E-state index in [2.05, 4.69) is 199 Å². The van der Waals surface area contributed by atoms with Gasteiger partial charge in [-0.2, -0.15) is 0 Å². The molecule has 3 nitrogen and oxygen atoms in total. The van der Waals surface area contributed by atoms with Crippen LogP contribution in [0.4, 0.5) is 0 Å². The third-order valence-electron chi connectivity index (χ3n) is 11.5. The molecule has 0 N–H and O–H groups in total. The summed E-state index contributed by atoms with van der Waals surface area (Å²) < 4.78 is 2.36. The lowest BCUT2D eigenvalue weighted by Crippen LogP contribution is -2.27. The van der Waals surface area contributed by atoms with Crippen molar-refractivity contribution >= 4 is 27.9 Å². The molecule has 0 unspecified atom stereocenters. The van der Waals surface area contributed by atoms with Gasteiger partial charge in [0.15, 0.2) is 5.82 Å². The number of allylic oxidation sites excluding steroid dienone is 5. The van der Waals surface area contributed by atoms with E-state index in [1.165, 1.54) is 44.1 Å². The Bertz CT molecular complexity index is 2950. The zero-order valence-electron chi connectivity index (χ0n) is 30.5. The third kappa shape index (κ3) is 4.91. The Kier molecular flexibility index (Phi) is 7.39. The minimum absolute atomic E-state index is 0.618. The van der Waals surface area contributed by atoms with Gasteiger partial charge in [-0.15, -0.1) is 0 Å². The van der Waals surface area contributed by atoms with E-state index in [4.69, 9.17) is 9.97 Å². The predicted octanol–water partition coefficient (Wildman–Crippen LogP) is 13.0. The highest BCUT2D eigenvalue weighted by atomic mass is 15.0. The van der Waals surface area contributed by atoms with Gasteiger partial charge in [0.2, 0.25) is 0 Å². The van der Waals surface area contributed by atoms with Crippen LogP contribution in [0, 0.1) is 0 Å². The highest BCUT2D eigenvalue weighted by Crippen LogP contribution is 2.56. The Balaban J connectivity index is 1.08. The topological polar surface area (TPSA) is 30.7 Å². The second-order valence-electron chi connectivity index (χ2n) is 14.5. The normalized spacial score (nSPS) is 14.2. The Morgan fingerprint density at radius 1 is 0.411 bits per heavy atom. The van der Waals surface area contributed by atoms with Crippen molar-refractivity contribution in [1.29, 1.82) is 0 Å².